The Kier molecular flexibility index (Phi) is 5.43. The number of rotatable bonds is 8. The van der Waals surface area contributed by atoms with Gasteiger partial charge in [-0.2, -0.15) is 0 Å². The largest absolute Gasteiger partial charge is 0.378 e. The van der Waals surface area contributed by atoms with Gasteiger partial charge in [0, 0.05) is 37.9 Å². The zero-order valence-electron chi connectivity index (χ0n) is 14.6. The Morgan fingerprint density at radius 1 is 1.36 bits per heavy atom. The number of thioether (sulfide) groups is 1. The number of allylic oxidation sites excluding steroid dienone is 1. The number of carbonyl (C=O) groups excluding carboxylic acids is 1. The number of amides is 1. The molecule has 132 valence electrons. The topological polar surface area (TPSA) is 63.1 Å². The van der Waals surface area contributed by atoms with Crippen LogP contribution in [0.1, 0.15) is 24.6 Å². The molecule has 0 atom stereocenters. The summed E-state index contributed by atoms with van der Waals surface area (Å²) in [5.41, 5.74) is 1.89. The van der Waals surface area contributed by atoms with Gasteiger partial charge < -0.3 is 14.8 Å². The molecule has 1 aliphatic rings. The van der Waals surface area contributed by atoms with E-state index in [1.807, 2.05) is 49.3 Å². The SMILES string of the molecule is C=CCn1c(SCC(=O)Nc2ccc(N(C)C)cc2)nnc1C1CC1. The molecule has 1 aromatic carbocycles. The fraction of sp³-hybridized carbons (Fsp3) is 0.389. The molecular formula is C18H23N5OS. The molecule has 2 aromatic rings. The van der Waals surface area contributed by atoms with Crippen LogP contribution in [0.4, 0.5) is 11.4 Å². The first-order chi connectivity index (χ1) is 12.1. The van der Waals surface area contributed by atoms with Crippen molar-refractivity contribution in [2.75, 3.05) is 30.1 Å². The van der Waals surface area contributed by atoms with Gasteiger partial charge in [-0.3, -0.25) is 4.79 Å². The predicted molar refractivity (Wildman–Crippen MR) is 102 cm³/mol. The Bertz CT molecular complexity index is 749. The molecule has 1 N–H and O–H groups in total. The highest BCUT2D eigenvalue weighted by Gasteiger charge is 2.30. The molecule has 7 heteroatoms. The summed E-state index contributed by atoms with van der Waals surface area (Å²) in [7, 11) is 3.97. The molecule has 1 heterocycles. The van der Waals surface area contributed by atoms with Gasteiger partial charge in [0.05, 0.1) is 5.75 Å². The van der Waals surface area contributed by atoms with Crippen molar-refractivity contribution in [1.29, 1.82) is 0 Å². The van der Waals surface area contributed by atoms with Crippen LogP contribution in [0.5, 0.6) is 0 Å². The number of hydrogen-bond acceptors (Lipinski definition) is 5. The van der Waals surface area contributed by atoms with Crippen molar-refractivity contribution in [1.82, 2.24) is 14.8 Å². The molecule has 0 bridgehead atoms. The molecule has 0 saturated heterocycles. The molecule has 0 unspecified atom stereocenters. The van der Waals surface area contributed by atoms with Crippen molar-refractivity contribution < 1.29 is 4.79 Å². The van der Waals surface area contributed by atoms with Crippen LogP contribution in [0.3, 0.4) is 0 Å². The van der Waals surface area contributed by atoms with E-state index >= 15 is 0 Å². The average molecular weight is 357 g/mol. The molecule has 1 aromatic heterocycles. The molecule has 25 heavy (non-hydrogen) atoms. The monoisotopic (exact) mass is 357 g/mol. The lowest BCUT2D eigenvalue weighted by atomic mass is 10.2. The van der Waals surface area contributed by atoms with Gasteiger partial charge in [0.15, 0.2) is 5.16 Å². The number of hydrogen-bond donors (Lipinski definition) is 1. The quantitative estimate of drug-likeness (QED) is 0.581. The van der Waals surface area contributed by atoms with Crippen molar-refractivity contribution in [3.05, 3.63) is 42.7 Å². The van der Waals surface area contributed by atoms with E-state index in [4.69, 9.17) is 0 Å². The van der Waals surface area contributed by atoms with E-state index in [9.17, 15) is 4.79 Å². The lowest BCUT2D eigenvalue weighted by molar-refractivity contribution is -0.113. The van der Waals surface area contributed by atoms with Crippen LogP contribution in [0.15, 0.2) is 42.1 Å². The summed E-state index contributed by atoms with van der Waals surface area (Å²) < 4.78 is 2.06. The van der Waals surface area contributed by atoms with E-state index in [-0.39, 0.29) is 5.91 Å². The lowest BCUT2D eigenvalue weighted by Gasteiger charge is -2.13. The molecule has 0 aliphatic heterocycles. The molecule has 0 radical (unpaired) electrons. The third kappa shape index (κ3) is 4.42. The zero-order valence-corrected chi connectivity index (χ0v) is 15.4. The van der Waals surface area contributed by atoms with Gasteiger partial charge in [-0.05, 0) is 37.1 Å². The minimum atomic E-state index is -0.0521. The third-order valence-electron chi connectivity index (χ3n) is 4.00. The maximum Gasteiger partial charge on any atom is 0.234 e. The average Bonchev–Trinajstić information content (AvgIpc) is 3.36. The lowest BCUT2D eigenvalue weighted by Crippen LogP contribution is -2.15. The highest BCUT2D eigenvalue weighted by molar-refractivity contribution is 7.99. The number of nitrogens with one attached hydrogen (secondary N) is 1. The van der Waals surface area contributed by atoms with Crippen LogP contribution in [0, 0.1) is 0 Å². The summed E-state index contributed by atoms with van der Waals surface area (Å²) in [6, 6.07) is 7.77. The van der Waals surface area contributed by atoms with Gasteiger partial charge in [0.25, 0.3) is 0 Å². The highest BCUT2D eigenvalue weighted by atomic mass is 32.2. The van der Waals surface area contributed by atoms with Crippen molar-refractivity contribution in [3.63, 3.8) is 0 Å². The maximum atomic E-state index is 12.2. The van der Waals surface area contributed by atoms with E-state index in [0.29, 0.717) is 18.2 Å². The molecule has 1 saturated carbocycles. The molecule has 1 fully saturated rings. The van der Waals surface area contributed by atoms with Crippen molar-refractivity contribution in [3.8, 4) is 0 Å². The number of aromatic nitrogens is 3. The minimum Gasteiger partial charge on any atom is -0.378 e. The summed E-state index contributed by atoms with van der Waals surface area (Å²) >= 11 is 1.41. The van der Waals surface area contributed by atoms with Crippen LogP contribution in [0.25, 0.3) is 0 Å². The minimum absolute atomic E-state index is 0.0521. The van der Waals surface area contributed by atoms with E-state index in [2.05, 4.69) is 26.7 Å². The second kappa shape index (κ2) is 7.74. The highest BCUT2D eigenvalue weighted by Crippen LogP contribution is 2.40. The van der Waals surface area contributed by atoms with Gasteiger partial charge in [0.1, 0.15) is 5.82 Å². The second-order valence-corrected chi connectivity index (χ2v) is 7.23. The standard InChI is InChI=1S/C18H23N5OS/c1-4-11-23-17(13-5-6-13)20-21-18(23)25-12-16(24)19-14-7-9-15(10-8-14)22(2)3/h4,7-10,13H,1,5-6,11-12H2,2-3H3,(H,19,24). The van der Waals surface area contributed by atoms with Crippen LogP contribution < -0.4 is 10.2 Å². The van der Waals surface area contributed by atoms with Gasteiger partial charge in [0.2, 0.25) is 5.91 Å². The molecule has 3 rings (SSSR count). The third-order valence-corrected chi connectivity index (χ3v) is 4.97. The van der Waals surface area contributed by atoms with Gasteiger partial charge >= 0.3 is 0 Å². The number of anilines is 2. The van der Waals surface area contributed by atoms with E-state index in [0.717, 1.165) is 22.4 Å². The van der Waals surface area contributed by atoms with Crippen LogP contribution in [-0.4, -0.2) is 40.5 Å². The van der Waals surface area contributed by atoms with Gasteiger partial charge in [-0.25, -0.2) is 0 Å². The molecule has 1 aliphatic carbocycles. The summed E-state index contributed by atoms with van der Waals surface area (Å²) in [6.45, 7) is 4.48. The second-order valence-electron chi connectivity index (χ2n) is 6.29. The van der Waals surface area contributed by atoms with Crippen LogP contribution in [-0.2, 0) is 11.3 Å². The summed E-state index contributed by atoms with van der Waals surface area (Å²) in [5, 5.41) is 12.2. The van der Waals surface area contributed by atoms with Crippen LogP contribution >= 0.6 is 11.8 Å². The molecular weight excluding hydrogens is 334 g/mol. The summed E-state index contributed by atoms with van der Waals surface area (Å²) in [6.07, 6.45) is 4.18. The molecule has 6 nitrogen and oxygen atoms in total. The van der Waals surface area contributed by atoms with Crippen molar-refractivity contribution in [2.24, 2.45) is 0 Å². The van der Waals surface area contributed by atoms with Crippen molar-refractivity contribution >= 4 is 29.0 Å². The Morgan fingerprint density at radius 2 is 2.08 bits per heavy atom. The fourth-order valence-electron chi connectivity index (χ4n) is 2.52. The molecule has 1 amide bonds. The Labute approximate surface area is 152 Å². The summed E-state index contributed by atoms with van der Waals surface area (Å²) in [4.78, 5) is 14.2. The number of benzene rings is 1. The first kappa shape index (κ1) is 17.5. The number of nitrogens with zero attached hydrogens (tertiary/aromatic N) is 4. The normalized spacial score (nSPS) is 13.5. The van der Waals surface area contributed by atoms with E-state index < -0.39 is 0 Å². The number of carbonyl (C=O) groups is 1. The Morgan fingerprint density at radius 3 is 2.68 bits per heavy atom. The van der Waals surface area contributed by atoms with E-state index in [1.54, 1.807) is 0 Å². The summed E-state index contributed by atoms with van der Waals surface area (Å²) in [5.74, 6) is 1.78. The predicted octanol–water partition coefficient (Wildman–Crippen LogP) is 3.14. The van der Waals surface area contributed by atoms with Gasteiger partial charge in [-0.15, -0.1) is 16.8 Å². The first-order valence-corrected chi connectivity index (χ1v) is 9.31. The van der Waals surface area contributed by atoms with Crippen molar-refractivity contribution in [2.45, 2.75) is 30.5 Å². The fourth-order valence-corrected chi connectivity index (χ4v) is 3.28. The smallest absolute Gasteiger partial charge is 0.234 e. The Hall–Kier alpha value is -2.28. The maximum absolute atomic E-state index is 12.2. The molecule has 0 spiro atoms. The Balaban J connectivity index is 1.58. The first-order valence-electron chi connectivity index (χ1n) is 8.32. The van der Waals surface area contributed by atoms with E-state index in [1.165, 1.54) is 24.6 Å². The zero-order chi connectivity index (χ0) is 17.8. The van der Waals surface area contributed by atoms with Gasteiger partial charge in [-0.1, -0.05) is 17.8 Å². The van der Waals surface area contributed by atoms with Crippen LogP contribution in [0.2, 0.25) is 0 Å².